The van der Waals surface area contributed by atoms with Crippen molar-refractivity contribution in [3.8, 4) is 5.75 Å². The van der Waals surface area contributed by atoms with Crippen molar-refractivity contribution < 1.29 is 32.6 Å². The van der Waals surface area contributed by atoms with E-state index in [9.17, 15) is 23.1 Å². The van der Waals surface area contributed by atoms with E-state index in [1.165, 1.54) is 11.4 Å². The van der Waals surface area contributed by atoms with Crippen molar-refractivity contribution in [3.63, 3.8) is 0 Å². The third kappa shape index (κ3) is 9.18. The highest BCUT2D eigenvalue weighted by Gasteiger charge is 2.31. The quantitative estimate of drug-likeness (QED) is 0.320. The Morgan fingerprint density at radius 1 is 1.09 bits per heavy atom. The molecule has 1 aliphatic heterocycles. The molecule has 0 aliphatic carbocycles. The van der Waals surface area contributed by atoms with Crippen molar-refractivity contribution in [1.29, 1.82) is 0 Å². The Morgan fingerprint density at radius 2 is 1.83 bits per heavy atom. The number of hydrogen-bond acceptors (Lipinski definition) is 7. The van der Waals surface area contributed by atoms with Crippen molar-refractivity contribution in [2.24, 2.45) is 5.92 Å². The molecule has 46 heavy (non-hydrogen) atoms. The predicted octanol–water partition coefficient (Wildman–Crippen LogP) is 5.17. The van der Waals surface area contributed by atoms with E-state index in [2.05, 4.69) is 10.6 Å². The van der Waals surface area contributed by atoms with Gasteiger partial charge in [-0.2, -0.15) is 0 Å². The Bertz CT molecular complexity index is 1610. The number of carbonyl (C=O) groups excluding carboxylic acids is 2. The zero-order chi connectivity index (χ0) is 33.4. The second-order valence-electron chi connectivity index (χ2n) is 12.2. The summed E-state index contributed by atoms with van der Waals surface area (Å²) < 4.78 is 38.1. The van der Waals surface area contributed by atoms with Gasteiger partial charge in [-0.1, -0.05) is 43.3 Å². The number of sulfonamides is 1. The maximum absolute atomic E-state index is 14.3. The van der Waals surface area contributed by atoms with Crippen LogP contribution >= 0.6 is 0 Å². The summed E-state index contributed by atoms with van der Waals surface area (Å²) in [4.78, 5) is 29.0. The molecule has 0 saturated heterocycles. The number of aliphatic hydroxyl groups excluding tert-OH is 1. The molecule has 0 spiro atoms. The van der Waals surface area contributed by atoms with Crippen LogP contribution in [0.4, 0.5) is 16.2 Å². The van der Waals surface area contributed by atoms with Gasteiger partial charge in [-0.3, -0.25) is 4.79 Å². The number of urea groups is 1. The molecule has 0 radical (unpaired) electrons. The average Bonchev–Trinajstić information content (AvgIpc) is 3.02. The number of carbonyl (C=O) groups is 2. The van der Waals surface area contributed by atoms with Gasteiger partial charge in [0, 0.05) is 43.7 Å². The smallest absolute Gasteiger partial charge is 0.323 e. The van der Waals surface area contributed by atoms with Gasteiger partial charge in [0.05, 0.1) is 42.4 Å². The summed E-state index contributed by atoms with van der Waals surface area (Å²) in [6, 6.07) is 17.3. The monoisotopic (exact) mass is 654 g/mol. The summed E-state index contributed by atoms with van der Waals surface area (Å²) in [6.07, 6.45) is 2.74. The Labute approximate surface area is 271 Å². The Balaban J connectivity index is 1.64. The lowest BCUT2D eigenvalue weighted by atomic mass is 10.0. The SMILES string of the molecule is C[C@H](CO)N1C[C@H](C)[C@@H](CN(C)S(C)(=O)=O)OCCCC[C@H](C)Oc2ccc(NC(=O)Nc3cccc4ccccc34)cc2C1=O. The first-order chi connectivity index (χ1) is 21.9. The van der Waals surface area contributed by atoms with E-state index < -0.39 is 28.2 Å². The summed E-state index contributed by atoms with van der Waals surface area (Å²) in [5, 5.41) is 17.8. The average molecular weight is 655 g/mol. The number of aliphatic hydroxyl groups is 1. The highest BCUT2D eigenvalue weighted by Crippen LogP contribution is 2.29. The summed E-state index contributed by atoms with van der Waals surface area (Å²) in [7, 11) is -1.94. The normalized spacial score (nSPS) is 20.8. The van der Waals surface area contributed by atoms with Gasteiger partial charge in [0.25, 0.3) is 5.91 Å². The number of rotatable bonds is 7. The molecule has 3 aromatic rings. The maximum atomic E-state index is 14.3. The Hall–Kier alpha value is -3.71. The van der Waals surface area contributed by atoms with Crippen LogP contribution in [0.25, 0.3) is 10.8 Å². The largest absolute Gasteiger partial charge is 0.490 e. The van der Waals surface area contributed by atoms with Gasteiger partial charge >= 0.3 is 6.03 Å². The minimum Gasteiger partial charge on any atom is -0.490 e. The summed E-state index contributed by atoms with van der Waals surface area (Å²) in [5.74, 6) is -0.288. The molecular weight excluding hydrogens is 608 g/mol. The van der Waals surface area contributed by atoms with E-state index >= 15 is 0 Å². The van der Waals surface area contributed by atoms with Crippen LogP contribution in [0.5, 0.6) is 5.75 Å². The number of ether oxygens (including phenoxy) is 2. The van der Waals surface area contributed by atoms with E-state index in [-0.39, 0.29) is 43.2 Å². The molecule has 1 heterocycles. The molecule has 12 heteroatoms. The van der Waals surface area contributed by atoms with Crippen LogP contribution in [0.1, 0.15) is 50.4 Å². The molecule has 0 unspecified atom stereocenters. The minimum absolute atomic E-state index is 0.130. The van der Waals surface area contributed by atoms with Crippen molar-refractivity contribution >= 4 is 44.1 Å². The number of nitrogens with one attached hydrogen (secondary N) is 2. The molecule has 3 N–H and O–H groups in total. The second kappa shape index (κ2) is 15.7. The first kappa shape index (κ1) is 35.1. The van der Waals surface area contributed by atoms with E-state index in [1.54, 1.807) is 30.0 Å². The highest BCUT2D eigenvalue weighted by atomic mass is 32.2. The number of anilines is 2. The van der Waals surface area contributed by atoms with Crippen LogP contribution in [0.15, 0.2) is 60.7 Å². The number of hydrogen-bond donors (Lipinski definition) is 3. The maximum Gasteiger partial charge on any atom is 0.323 e. The van der Waals surface area contributed by atoms with Crippen molar-refractivity contribution in [1.82, 2.24) is 9.21 Å². The van der Waals surface area contributed by atoms with E-state index in [0.717, 1.165) is 29.9 Å². The Kier molecular flexibility index (Phi) is 12.0. The van der Waals surface area contributed by atoms with Crippen LogP contribution in [0, 0.1) is 5.92 Å². The van der Waals surface area contributed by atoms with Crippen molar-refractivity contribution in [2.45, 2.75) is 58.3 Å². The van der Waals surface area contributed by atoms with Crippen molar-refractivity contribution in [3.05, 3.63) is 66.2 Å². The number of likely N-dealkylation sites (N-methyl/N-ethyl adjacent to an activating group) is 1. The lowest BCUT2D eigenvalue weighted by Crippen LogP contribution is -2.47. The van der Waals surface area contributed by atoms with Gasteiger partial charge in [0.15, 0.2) is 0 Å². The van der Waals surface area contributed by atoms with Gasteiger partial charge in [0.2, 0.25) is 10.0 Å². The fraction of sp³-hybridized carbons (Fsp3) is 0.471. The number of benzene rings is 3. The molecule has 250 valence electrons. The third-order valence-corrected chi connectivity index (χ3v) is 9.63. The fourth-order valence-electron chi connectivity index (χ4n) is 5.47. The van der Waals surface area contributed by atoms with Crippen LogP contribution in [0.3, 0.4) is 0 Å². The summed E-state index contributed by atoms with van der Waals surface area (Å²) in [5.41, 5.74) is 1.28. The van der Waals surface area contributed by atoms with Crippen LogP contribution in [-0.4, -0.2) is 92.5 Å². The summed E-state index contributed by atoms with van der Waals surface area (Å²) in [6.45, 7) is 6.06. The van der Waals surface area contributed by atoms with Crippen molar-refractivity contribution in [2.75, 3.05) is 50.2 Å². The first-order valence-corrected chi connectivity index (χ1v) is 17.5. The number of nitrogens with zero attached hydrogens (tertiary/aromatic N) is 2. The highest BCUT2D eigenvalue weighted by molar-refractivity contribution is 7.88. The number of fused-ring (bicyclic) bond motifs is 2. The number of amides is 3. The molecule has 0 fully saturated rings. The van der Waals surface area contributed by atoms with Crippen LogP contribution < -0.4 is 15.4 Å². The molecule has 0 aromatic heterocycles. The summed E-state index contributed by atoms with van der Waals surface area (Å²) >= 11 is 0. The van der Waals surface area contributed by atoms with Crippen LogP contribution in [-0.2, 0) is 14.8 Å². The van der Waals surface area contributed by atoms with Gasteiger partial charge < -0.3 is 30.1 Å². The standard InChI is InChI=1S/C34H46N4O7S/c1-23-20-38(24(2)22-39)33(40)29-19-27(35-34(41)36-30-15-10-13-26-12-6-7-14-28(26)30)16-17-31(29)45-25(3)11-8-9-18-44-32(23)21-37(4)46(5,42)43/h6-7,10,12-17,19,23-25,32,39H,8-9,11,18,20-22H2,1-5H3,(H2,35,36,41)/t23-,24+,25-,32+/m0/s1. The van der Waals surface area contributed by atoms with Crippen LogP contribution in [0.2, 0.25) is 0 Å². The molecule has 3 amide bonds. The lowest BCUT2D eigenvalue weighted by Gasteiger charge is -2.35. The van der Waals surface area contributed by atoms with E-state index in [1.807, 2.05) is 56.3 Å². The minimum atomic E-state index is -3.45. The molecule has 11 nitrogen and oxygen atoms in total. The van der Waals surface area contributed by atoms with Gasteiger partial charge in [-0.25, -0.2) is 17.5 Å². The van der Waals surface area contributed by atoms with Gasteiger partial charge in [-0.15, -0.1) is 0 Å². The molecule has 0 bridgehead atoms. The molecule has 4 atom stereocenters. The molecule has 0 saturated carbocycles. The molecular formula is C34H46N4O7S. The van der Waals surface area contributed by atoms with Gasteiger partial charge in [-0.05, 0) is 62.8 Å². The van der Waals surface area contributed by atoms with Gasteiger partial charge in [0.1, 0.15) is 5.75 Å². The molecule has 1 aliphatic rings. The first-order valence-electron chi connectivity index (χ1n) is 15.7. The zero-order valence-electron chi connectivity index (χ0n) is 27.2. The third-order valence-electron chi connectivity index (χ3n) is 8.35. The lowest BCUT2D eigenvalue weighted by molar-refractivity contribution is -0.00828. The molecule has 4 rings (SSSR count). The zero-order valence-corrected chi connectivity index (χ0v) is 28.0. The predicted molar refractivity (Wildman–Crippen MR) is 181 cm³/mol. The molecule has 3 aromatic carbocycles. The Morgan fingerprint density at radius 3 is 2.57 bits per heavy atom. The van der Waals surface area contributed by atoms with E-state index in [4.69, 9.17) is 9.47 Å². The van der Waals surface area contributed by atoms with E-state index in [0.29, 0.717) is 30.2 Å². The topological polar surface area (TPSA) is 138 Å². The fourth-order valence-corrected chi connectivity index (χ4v) is 5.89. The second-order valence-corrected chi connectivity index (χ2v) is 14.2.